The Labute approximate surface area is 246 Å². The van der Waals surface area contributed by atoms with Gasteiger partial charge in [-0.2, -0.15) is 5.10 Å². The summed E-state index contributed by atoms with van der Waals surface area (Å²) in [5, 5.41) is 7.39. The molecule has 12 nitrogen and oxygen atoms in total. The van der Waals surface area contributed by atoms with Crippen LogP contribution < -0.4 is 15.8 Å². The maximum atomic E-state index is 13.8. The second-order valence-corrected chi connectivity index (χ2v) is 11.5. The van der Waals surface area contributed by atoms with E-state index in [1.54, 1.807) is 6.07 Å². The molecular weight excluding hydrogens is 579 g/mol. The molecule has 4 aromatic rings. The van der Waals surface area contributed by atoms with Gasteiger partial charge in [0.25, 0.3) is 5.91 Å². The van der Waals surface area contributed by atoms with Crippen LogP contribution in [0.4, 0.5) is 4.39 Å². The fourth-order valence-corrected chi connectivity index (χ4v) is 4.99. The summed E-state index contributed by atoms with van der Waals surface area (Å²) in [6.45, 7) is -0.123. The quantitative estimate of drug-likeness (QED) is 0.234. The van der Waals surface area contributed by atoms with Crippen LogP contribution in [-0.4, -0.2) is 53.1 Å². The van der Waals surface area contributed by atoms with Crippen LogP contribution in [0.5, 0.6) is 0 Å². The molecule has 1 aliphatic heterocycles. The van der Waals surface area contributed by atoms with E-state index in [1.807, 2.05) is 30.3 Å². The monoisotopic (exact) mass is 606 g/mol. The smallest absolute Gasteiger partial charge is 0.352 e. The Morgan fingerprint density at radius 1 is 1.05 bits per heavy atom. The zero-order valence-corrected chi connectivity index (χ0v) is 23.6. The molecule has 1 atom stereocenters. The van der Waals surface area contributed by atoms with Crippen LogP contribution in [0.25, 0.3) is 17.1 Å². The first kappa shape index (κ1) is 29.4. The molecule has 4 N–H and O–H groups in total. The Balaban J connectivity index is 1.52. The Kier molecular flexibility index (Phi) is 8.23. The van der Waals surface area contributed by atoms with Crippen molar-refractivity contribution in [3.8, 4) is 17.1 Å². The van der Waals surface area contributed by atoms with Crippen LogP contribution in [0.3, 0.4) is 0 Å². The molecule has 2 amide bonds. The van der Waals surface area contributed by atoms with E-state index in [0.717, 1.165) is 11.8 Å². The summed E-state index contributed by atoms with van der Waals surface area (Å²) in [5.74, 6) is -3.93. The molecule has 0 radical (unpaired) electrons. The number of carbonyl (C=O) groups is 2. The first-order chi connectivity index (χ1) is 20.6. The van der Waals surface area contributed by atoms with Crippen molar-refractivity contribution in [1.29, 1.82) is 0 Å². The summed E-state index contributed by atoms with van der Waals surface area (Å²) in [6.07, 6.45) is 6.49. The van der Waals surface area contributed by atoms with E-state index in [9.17, 15) is 22.4 Å². The summed E-state index contributed by atoms with van der Waals surface area (Å²) in [7, 11) is -3.56. The molecule has 1 unspecified atom stereocenters. The van der Waals surface area contributed by atoms with E-state index in [1.165, 1.54) is 59.9 Å². The van der Waals surface area contributed by atoms with Crippen molar-refractivity contribution < 1.29 is 31.9 Å². The highest BCUT2D eigenvalue weighted by Crippen LogP contribution is 2.28. The minimum atomic E-state index is -3.56. The molecule has 1 aliphatic rings. The lowest BCUT2D eigenvalue weighted by Gasteiger charge is -2.33. The van der Waals surface area contributed by atoms with E-state index >= 15 is 0 Å². The number of benzene rings is 2. The van der Waals surface area contributed by atoms with Crippen molar-refractivity contribution in [2.24, 2.45) is 5.73 Å². The minimum absolute atomic E-state index is 0.0712. The standard InChI is InChI=1S/C29H27FN6O6S/c1-43(39,40)33-17-21-18-36(35-25(21)20-9-11-22(30)12-10-20)26-23(8-5-13-32-26)27(37)34-24(16-19-6-3-2-4-7-19)29(28(31)38)41-14-15-42-29/h2-15,18,24,33H,16-17H2,1H3,(H2,31,38)(H,34,37). The van der Waals surface area contributed by atoms with Gasteiger partial charge in [-0.3, -0.25) is 9.59 Å². The Morgan fingerprint density at radius 3 is 2.40 bits per heavy atom. The van der Waals surface area contributed by atoms with Crippen LogP contribution >= 0.6 is 0 Å². The number of nitrogens with one attached hydrogen (secondary N) is 2. The molecule has 5 rings (SSSR count). The molecule has 222 valence electrons. The first-order valence-corrected chi connectivity index (χ1v) is 14.8. The number of nitrogens with zero attached hydrogens (tertiary/aromatic N) is 3. The van der Waals surface area contributed by atoms with Gasteiger partial charge < -0.3 is 20.5 Å². The van der Waals surface area contributed by atoms with Gasteiger partial charge in [0.2, 0.25) is 10.0 Å². The highest BCUT2D eigenvalue weighted by Gasteiger charge is 2.51. The number of rotatable bonds is 11. The van der Waals surface area contributed by atoms with Gasteiger partial charge >= 0.3 is 11.7 Å². The minimum Gasteiger partial charge on any atom is -0.447 e. The molecule has 0 spiro atoms. The number of amides is 2. The van der Waals surface area contributed by atoms with Crippen LogP contribution in [0.1, 0.15) is 21.5 Å². The molecule has 0 aliphatic carbocycles. The number of aromatic nitrogens is 3. The van der Waals surface area contributed by atoms with Gasteiger partial charge in [-0.1, -0.05) is 30.3 Å². The Hall–Kier alpha value is -5.08. The average Bonchev–Trinajstić information content (AvgIpc) is 3.65. The number of hydrogen-bond donors (Lipinski definition) is 3. The molecule has 0 saturated carbocycles. The van der Waals surface area contributed by atoms with Gasteiger partial charge in [0, 0.05) is 36.5 Å². The molecule has 0 bridgehead atoms. The number of carbonyl (C=O) groups excluding carboxylic acids is 2. The lowest BCUT2D eigenvalue weighted by molar-refractivity contribution is -0.182. The van der Waals surface area contributed by atoms with E-state index in [0.29, 0.717) is 16.8 Å². The van der Waals surface area contributed by atoms with Crippen LogP contribution in [0, 0.1) is 5.82 Å². The normalized spacial score (nSPS) is 14.5. The number of sulfonamides is 1. The lowest BCUT2D eigenvalue weighted by atomic mass is 9.97. The van der Waals surface area contributed by atoms with Crippen molar-refractivity contribution in [2.75, 3.05) is 6.26 Å². The SMILES string of the molecule is CS(=O)(=O)NCc1cn(-c2ncccc2C(=O)NC(Cc2ccccc2)C2(C(N)=O)OC=CO2)nc1-c1ccc(F)cc1. The predicted molar refractivity (Wildman–Crippen MR) is 153 cm³/mol. The molecule has 43 heavy (non-hydrogen) atoms. The first-order valence-electron chi connectivity index (χ1n) is 13.0. The Bertz CT molecular complexity index is 1770. The van der Waals surface area contributed by atoms with Gasteiger partial charge in [0.05, 0.1) is 17.5 Å². The highest BCUT2D eigenvalue weighted by atomic mass is 32.2. The van der Waals surface area contributed by atoms with Crippen molar-refractivity contribution >= 4 is 21.8 Å². The fourth-order valence-electron chi connectivity index (χ4n) is 4.57. The van der Waals surface area contributed by atoms with E-state index in [-0.39, 0.29) is 24.3 Å². The number of pyridine rings is 1. The van der Waals surface area contributed by atoms with E-state index in [4.69, 9.17) is 15.2 Å². The van der Waals surface area contributed by atoms with Crippen molar-refractivity contribution in [3.05, 3.63) is 114 Å². The van der Waals surface area contributed by atoms with Gasteiger partial charge in [0.15, 0.2) is 5.82 Å². The topological polar surface area (TPSA) is 168 Å². The van der Waals surface area contributed by atoms with E-state index in [2.05, 4.69) is 20.1 Å². The van der Waals surface area contributed by atoms with E-state index < -0.39 is 39.5 Å². The van der Waals surface area contributed by atoms with Gasteiger partial charge in [-0.05, 0) is 42.0 Å². The fraction of sp³-hybridized carbons (Fsp3) is 0.172. The molecule has 14 heteroatoms. The molecular formula is C29H27FN6O6S. The zero-order chi connectivity index (χ0) is 30.6. The summed E-state index contributed by atoms with van der Waals surface area (Å²) in [5.41, 5.74) is 7.84. The summed E-state index contributed by atoms with van der Waals surface area (Å²) in [4.78, 5) is 30.7. The maximum absolute atomic E-state index is 13.8. The predicted octanol–water partition coefficient (Wildman–Crippen LogP) is 2.16. The Morgan fingerprint density at radius 2 is 1.74 bits per heavy atom. The van der Waals surface area contributed by atoms with Gasteiger partial charge in [0.1, 0.15) is 24.4 Å². The summed E-state index contributed by atoms with van der Waals surface area (Å²) < 4.78 is 52.0. The van der Waals surface area contributed by atoms with Crippen molar-refractivity contribution in [2.45, 2.75) is 24.8 Å². The van der Waals surface area contributed by atoms with Gasteiger partial charge in [-0.25, -0.2) is 27.2 Å². The van der Waals surface area contributed by atoms with Gasteiger partial charge in [-0.15, -0.1) is 0 Å². The average molecular weight is 607 g/mol. The van der Waals surface area contributed by atoms with Crippen molar-refractivity contribution in [3.63, 3.8) is 0 Å². The third kappa shape index (κ3) is 6.55. The molecule has 3 heterocycles. The van der Waals surface area contributed by atoms with Crippen LogP contribution in [-0.2, 0) is 37.3 Å². The number of hydrogen-bond acceptors (Lipinski definition) is 8. The summed E-state index contributed by atoms with van der Waals surface area (Å²) in [6, 6.07) is 16.6. The molecule has 0 fully saturated rings. The largest absolute Gasteiger partial charge is 0.447 e. The number of ether oxygens (including phenoxy) is 2. The third-order valence-corrected chi connectivity index (χ3v) is 7.28. The summed E-state index contributed by atoms with van der Waals surface area (Å²) >= 11 is 0. The number of primary amides is 1. The molecule has 0 saturated heterocycles. The number of nitrogens with two attached hydrogens (primary N) is 1. The lowest BCUT2D eigenvalue weighted by Crippen LogP contribution is -2.61. The maximum Gasteiger partial charge on any atom is 0.352 e. The second-order valence-electron chi connectivity index (χ2n) is 9.68. The van der Waals surface area contributed by atoms with Crippen LogP contribution in [0.2, 0.25) is 0 Å². The van der Waals surface area contributed by atoms with Crippen LogP contribution in [0.15, 0.2) is 91.6 Å². The van der Waals surface area contributed by atoms with Crippen molar-refractivity contribution in [1.82, 2.24) is 24.8 Å². The molecule has 2 aromatic carbocycles. The number of halogens is 1. The third-order valence-electron chi connectivity index (χ3n) is 6.61. The highest BCUT2D eigenvalue weighted by molar-refractivity contribution is 7.88. The zero-order valence-electron chi connectivity index (χ0n) is 22.8. The second kappa shape index (κ2) is 12.0. The molecule has 2 aromatic heterocycles.